The number of rotatable bonds is 8. The topological polar surface area (TPSA) is 67.4 Å². The number of carbonyl (C=O) groups is 2. The highest BCUT2D eigenvalue weighted by molar-refractivity contribution is 7.96. The highest BCUT2D eigenvalue weighted by Crippen LogP contribution is 2.45. The van der Waals surface area contributed by atoms with E-state index in [2.05, 4.69) is 51.0 Å². The summed E-state index contributed by atoms with van der Waals surface area (Å²) >= 11 is 3.83. The molecule has 0 radical (unpaired) electrons. The first-order chi connectivity index (χ1) is 11.2. The third-order valence-electron chi connectivity index (χ3n) is 4.66. The van der Waals surface area contributed by atoms with E-state index in [-0.39, 0.29) is 28.2 Å². The van der Waals surface area contributed by atoms with Crippen LogP contribution in [0.3, 0.4) is 0 Å². The molecule has 2 atom stereocenters. The molecular formula is C18H34N2O3S. The Morgan fingerprint density at radius 3 is 2.50 bits per heavy atom. The Bertz CT molecular complexity index is 428. The summed E-state index contributed by atoms with van der Waals surface area (Å²) in [7, 11) is 0. The molecule has 2 unspecified atom stereocenters. The molecule has 24 heavy (non-hydrogen) atoms. The van der Waals surface area contributed by atoms with Gasteiger partial charge in [-0.1, -0.05) is 59.6 Å². The third-order valence-corrected chi connectivity index (χ3v) is 4.79. The second-order valence-corrected chi connectivity index (χ2v) is 8.66. The molecule has 0 aromatic rings. The summed E-state index contributed by atoms with van der Waals surface area (Å²) in [5.41, 5.74) is 0.0451. The van der Waals surface area contributed by atoms with Crippen molar-refractivity contribution in [3.8, 4) is 0 Å². The van der Waals surface area contributed by atoms with Gasteiger partial charge in [0.15, 0.2) is 0 Å². The molecule has 1 saturated carbocycles. The molecule has 1 aliphatic carbocycles. The number of hydrogen-bond acceptors (Lipinski definition) is 3. The predicted molar refractivity (Wildman–Crippen MR) is 101 cm³/mol. The zero-order valence-electron chi connectivity index (χ0n) is 15.6. The lowest BCUT2D eigenvalue weighted by Crippen LogP contribution is -2.49. The fourth-order valence-corrected chi connectivity index (χ4v) is 4.26. The van der Waals surface area contributed by atoms with Crippen molar-refractivity contribution in [2.24, 2.45) is 10.8 Å². The lowest BCUT2D eigenvalue weighted by atomic mass is 9.62. The van der Waals surface area contributed by atoms with E-state index in [1.54, 1.807) is 0 Å². The minimum absolute atomic E-state index is 0.0656. The van der Waals surface area contributed by atoms with Gasteiger partial charge in [-0.05, 0) is 36.5 Å². The van der Waals surface area contributed by atoms with Crippen LogP contribution < -0.4 is 10.6 Å². The second kappa shape index (κ2) is 9.54. The van der Waals surface area contributed by atoms with Crippen LogP contribution in [0.15, 0.2) is 0 Å². The van der Waals surface area contributed by atoms with Crippen molar-refractivity contribution >= 4 is 24.0 Å². The SMILES string of the molecule is CCCCCCOC(=O)NCC1(C)CC(NC(=O)S)CC(C)(C)C1. The maximum Gasteiger partial charge on any atom is 0.407 e. The summed E-state index contributed by atoms with van der Waals surface area (Å²) in [5, 5.41) is 5.53. The Kier molecular flexibility index (Phi) is 8.40. The molecule has 6 heteroatoms. The van der Waals surface area contributed by atoms with Gasteiger partial charge in [-0.3, -0.25) is 4.79 Å². The highest BCUT2D eigenvalue weighted by atomic mass is 32.1. The van der Waals surface area contributed by atoms with Crippen LogP contribution in [0.1, 0.15) is 72.6 Å². The second-order valence-electron chi connectivity index (χ2n) is 8.26. The molecule has 0 bridgehead atoms. The van der Waals surface area contributed by atoms with Crippen LogP contribution in [0.5, 0.6) is 0 Å². The Morgan fingerprint density at radius 1 is 1.17 bits per heavy atom. The highest BCUT2D eigenvalue weighted by Gasteiger charge is 2.41. The molecule has 5 nitrogen and oxygen atoms in total. The fourth-order valence-electron chi connectivity index (χ4n) is 4.08. The standard InChI is InChI=1S/C18H34N2O3S/c1-5-6-7-8-9-23-15(21)19-13-18(4)11-14(20-16(22)24)10-17(2,3)12-18/h14H,5-13H2,1-4H3,(H,19,21)(H2,20,22,24). The summed E-state index contributed by atoms with van der Waals surface area (Å²) in [5.74, 6) is 0. The number of nitrogens with one attached hydrogen (secondary N) is 2. The molecule has 0 heterocycles. The van der Waals surface area contributed by atoms with Gasteiger partial charge in [-0.15, -0.1) is 0 Å². The van der Waals surface area contributed by atoms with Crippen molar-refractivity contribution in [3.63, 3.8) is 0 Å². The molecule has 0 saturated heterocycles. The fraction of sp³-hybridized carbons (Fsp3) is 0.889. The third kappa shape index (κ3) is 8.27. The van der Waals surface area contributed by atoms with Gasteiger partial charge in [0.05, 0.1) is 6.61 Å². The predicted octanol–water partition coefficient (Wildman–Crippen LogP) is 4.52. The largest absolute Gasteiger partial charge is 0.450 e. The van der Waals surface area contributed by atoms with Crippen LogP contribution >= 0.6 is 12.6 Å². The Hall–Kier alpha value is -0.910. The first-order valence-corrected chi connectivity index (χ1v) is 9.51. The molecule has 1 aliphatic rings. The molecule has 1 fully saturated rings. The van der Waals surface area contributed by atoms with Crippen molar-refractivity contribution in [2.45, 2.75) is 78.7 Å². The lowest BCUT2D eigenvalue weighted by Gasteiger charge is -2.46. The summed E-state index contributed by atoms with van der Waals surface area (Å²) in [6.07, 6.45) is 6.78. The van der Waals surface area contributed by atoms with Crippen LogP contribution in [0.2, 0.25) is 0 Å². The number of carbonyl (C=O) groups excluding carboxylic acids is 2. The van der Waals surface area contributed by atoms with Crippen molar-refractivity contribution in [2.75, 3.05) is 13.2 Å². The van der Waals surface area contributed by atoms with Gasteiger partial charge in [-0.25, -0.2) is 4.79 Å². The molecule has 0 aromatic heterocycles. The maximum atomic E-state index is 11.9. The smallest absolute Gasteiger partial charge is 0.407 e. The number of unbranched alkanes of at least 4 members (excludes halogenated alkanes) is 3. The molecule has 2 N–H and O–H groups in total. The van der Waals surface area contributed by atoms with E-state index in [0.717, 1.165) is 32.1 Å². The summed E-state index contributed by atoms with van der Waals surface area (Å²) < 4.78 is 5.24. The van der Waals surface area contributed by atoms with Gasteiger partial charge >= 0.3 is 6.09 Å². The maximum absolute atomic E-state index is 11.9. The van der Waals surface area contributed by atoms with Gasteiger partial charge in [0.2, 0.25) is 0 Å². The Balaban J connectivity index is 2.43. The first kappa shape index (κ1) is 21.1. The monoisotopic (exact) mass is 358 g/mol. The van der Waals surface area contributed by atoms with Crippen molar-refractivity contribution in [1.82, 2.24) is 10.6 Å². The van der Waals surface area contributed by atoms with Gasteiger partial charge in [0.1, 0.15) is 0 Å². The first-order valence-electron chi connectivity index (χ1n) is 9.06. The van der Waals surface area contributed by atoms with E-state index in [1.807, 2.05) is 0 Å². The van der Waals surface area contributed by atoms with E-state index >= 15 is 0 Å². The van der Waals surface area contributed by atoms with Crippen LogP contribution in [-0.2, 0) is 4.74 Å². The average molecular weight is 359 g/mol. The minimum atomic E-state index is -0.342. The Morgan fingerprint density at radius 2 is 1.88 bits per heavy atom. The van der Waals surface area contributed by atoms with E-state index < -0.39 is 0 Å². The van der Waals surface area contributed by atoms with Crippen molar-refractivity contribution in [1.29, 1.82) is 0 Å². The van der Waals surface area contributed by atoms with Gasteiger partial charge in [0.25, 0.3) is 5.24 Å². The Labute approximate surface area is 152 Å². The minimum Gasteiger partial charge on any atom is -0.450 e. The molecule has 0 aromatic carbocycles. The van der Waals surface area contributed by atoms with E-state index in [9.17, 15) is 9.59 Å². The number of alkyl carbamates (subject to hydrolysis) is 1. The van der Waals surface area contributed by atoms with Gasteiger partial charge < -0.3 is 15.4 Å². The average Bonchev–Trinajstić information content (AvgIpc) is 2.42. The number of amides is 2. The van der Waals surface area contributed by atoms with E-state index in [0.29, 0.717) is 13.2 Å². The number of thiol groups is 1. The molecule has 140 valence electrons. The number of ether oxygens (including phenoxy) is 1. The summed E-state index contributed by atoms with van der Waals surface area (Å²) in [6, 6.07) is 0.0932. The molecule has 2 amide bonds. The van der Waals surface area contributed by atoms with E-state index in [4.69, 9.17) is 4.74 Å². The summed E-state index contributed by atoms with van der Waals surface area (Å²) in [6.45, 7) is 9.76. The zero-order valence-corrected chi connectivity index (χ0v) is 16.5. The number of hydrogen-bond donors (Lipinski definition) is 3. The quantitative estimate of drug-likeness (QED) is 0.441. The molecular weight excluding hydrogens is 324 g/mol. The summed E-state index contributed by atoms with van der Waals surface area (Å²) in [4.78, 5) is 23.1. The van der Waals surface area contributed by atoms with E-state index in [1.165, 1.54) is 12.8 Å². The molecule has 0 spiro atoms. The van der Waals surface area contributed by atoms with Gasteiger partial charge in [-0.2, -0.15) is 0 Å². The molecule has 1 rings (SSSR count). The lowest BCUT2D eigenvalue weighted by molar-refractivity contribution is 0.0706. The van der Waals surface area contributed by atoms with Crippen LogP contribution in [0.25, 0.3) is 0 Å². The zero-order chi connectivity index (χ0) is 18.2. The van der Waals surface area contributed by atoms with Crippen molar-refractivity contribution < 1.29 is 14.3 Å². The van der Waals surface area contributed by atoms with Crippen LogP contribution in [0.4, 0.5) is 9.59 Å². The van der Waals surface area contributed by atoms with Crippen molar-refractivity contribution in [3.05, 3.63) is 0 Å². The molecule has 0 aliphatic heterocycles. The van der Waals surface area contributed by atoms with Gasteiger partial charge in [0, 0.05) is 12.6 Å². The van der Waals surface area contributed by atoms with Crippen LogP contribution in [-0.4, -0.2) is 30.5 Å². The normalized spacial score (nSPS) is 25.8. The van der Waals surface area contributed by atoms with Crippen LogP contribution in [0, 0.1) is 10.8 Å².